The minimum Gasteiger partial charge on any atom is -0.338 e. The summed E-state index contributed by atoms with van der Waals surface area (Å²) in [4.78, 5) is 14.3. The van der Waals surface area contributed by atoms with Crippen molar-refractivity contribution < 1.29 is 4.79 Å². The first-order valence-electron chi connectivity index (χ1n) is 5.72. The van der Waals surface area contributed by atoms with Crippen LogP contribution in [0, 0.1) is 0 Å². The Bertz CT molecular complexity index is 425. The predicted octanol–water partition coefficient (Wildman–Crippen LogP) is 4.43. The average molecular weight is 395 g/mol. The van der Waals surface area contributed by atoms with Crippen molar-refractivity contribution in [2.24, 2.45) is 0 Å². The van der Waals surface area contributed by atoms with Gasteiger partial charge in [-0.1, -0.05) is 22.9 Å². The smallest absolute Gasteiger partial charge is 0.255 e. The largest absolute Gasteiger partial charge is 0.338 e. The van der Waals surface area contributed by atoms with Crippen LogP contribution in [0.25, 0.3) is 0 Å². The predicted molar refractivity (Wildman–Crippen MR) is 86.4 cm³/mol. The standard InChI is InChI=1S/C13H17Br2NOS/c1-4-10(8-18-3)16(2)13(17)11-6-5-9(14)7-12(11)15/h5-7,10H,4,8H2,1-3H3. The van der Waals surface area contributed by atoms with Gasteiger partial charge in [-0.25, -0.2) is 0 Å². The van der Waals surface area contributed by atoms with Crippen LogP contribution in [0.2, 0.25) is 0 Å². The summed E-state index contributed by atoms with van der Waals surface area (Å²) in [6, 6.07) is 5.92. The third-order valence-electron chi connectivity index (χ3n) is 2.86. The van der Waals surface area contributed by atoms with Gasteiger partial charge in [-0.2, -0.15) is 11.8 Å². The van der Waals surface area contributed by atoms with Gasteiger partial charge in [0.2, 0.25) is 0 Å². The molecule has 18 heavy (non-hydrogen) atoms. The van der Waals surface area contributed by atoms with Crippen LogP contribution in [0.1, 0.15) is 23.7 Å². The molecule has 1 amide bonds. The van der Waals surface area contributed by atoms with Crippen LogP contribution in [-0.4, -0.2) is 35.9 Å². The molecule has 0 bridgehead atoms. The number of rotatable bonds is 5. The highest BCUT2D eigenvalue weighted by Crippen LogP contribution is 2.24. The van der Waals surface area contributed by atoms with Crippen LogP contribution in [-0.2, 0) is 0 Å². The molecule has 0 spiro atoms. The molecular weight excluding hydrogens is 378 g/mol. The number of carbonyl (C=O) groups excluding carboxylic acids is 1. The first-order chi connectivity index (χ1) is 8.51. The molecule has 0 fully saturated rings. The minimum absolute atomic E-state index is 0.0651. The molecule has 0 aromatic heterocycles. The van der Waals surface area contributed by atoms with Gasteiger partial charge in [0.15, 0.2) is 0 Å². The van der Waals surface area contributed by atoms with Gasteiger partial charge < -0.3 is 4.90 Å². The van der Waals surface area contributed by atoms with Crippen molar-refractivity contribution in [2.45, 2.75) is 19.4 Å². The summed E-state index contributed by atoms with van der Waals surface area (Å²) in [7, 11) is 1.88. The molecule has 0 saturated carbocycles. The fourth-order valence-corrected chi connectivity index (χ4v) is 3.78. The van der Waals surface area contributed by atoms with E-state index in [2.05, 4.69) is 45.0 Å². The summed E-state index contributed by atoms with van der Waals surface area (Å²) >= 11 is 8.60. The summed E-state index contributed by atoms with van der Waals surface area (Å²) in [5.41, 5.74) is 0.709. The summed E-state index contributed by atoms with van der Waals surface area (Å²) in [6.07, 6.45) is 3.04. The van der Waals surface area contributed by atoms with Gasteiger partial charge in [-0.05, 0) is 46.8 Å². The first-order valence-corrected chi connectivity index (χ1v) is 8.70. The van der Waals surface area contributed by atoms with E-state index in [0.717, 1.165) is 21.1 Å². The Morgan fingerprint density at radius 1 is 1.44 bits per heavy atom. The normalized spacial score (nSPS) is 12.3. The number of benzene rings is 1. The summed E-state index contributed by atoms with van der Waals surface area (Å²) < 4.78 is 1.79. The molecule has 5 heteroatoms. The van der Waals surface area contributed by atoms with Gasteiger partial charge in [0, 0.05) is 27.8 Å². The van der Waals surface area contributed by atoms with Crippen molar-refractivity contribution in [1.29, 1.82) is 0 Å². The summed E-state index contributed by atoms with van der Waals surface area (Å²) in [5, 5.41) is 0. The second kappa shape index (κ2) is 7.56. The van der Waals surface area contributed by atoms with E-state index in [9.17, 15) is 4.79 Å². The van der Waals surface area contributed by atoms with Crippen LogP contribution in [0.5, 0.6) is 0 Å². The van der Waals surface area contributed by atoms with Gasteiger partial charge >= 0.3 is 0 Å². The topological polar surface area (TPSA) is 20.3 Å². The monoisotopic (exact) mass is 393 g/mol. The number of thioether (sulfide) groups is 1. The molecule has 1 atom stereocenters. The lowest BCUT2D eigenvalue weighted by Crippen LogP contribution is -2.38. The van der Waals surface area contributed by atoms with E-state index in [1.165, 1.54) is 0 Å². The van der Waals surface area contributed by atoms with Gasteiger partial charge in [0.1, 0.15) is 0 Å². The van der Waals surface area contributed by atoms with E-state index < -0.39 is 0 Å². The van der Waals surface area contributed by atoms with Crippen LogP contribution in [0.4, 0.5) is 0 Å². The molecule has 0 N–H and O–H groups in total. The zero-order valence-electron chi connectivity index (χ0n) is 10.7. The molecule has 0 heterocycles. The number of halogens is 2. The van der Waals surface area contributed by atoms with Crippen molar-refractivity contribution in [3.8, 4) is 0 Å². The van der Waals surface area contributed by atoms with E-state index >= 15 is 0 Å². The minimum atomic E-state index is 0.0651. The number of hydrogen-bond acceptors (Lipinski definition) is 2. The second-order valence-electron chi connectivity index (χ2n) is 4.06. The third kappa shape index (κ3) is 4.00. The Labute approximate surface area is 130 Å². The average Bonchev–Trinajstić information content (AvgIpc) is 2.34. The Hall–Kier alpha value is -0.000000000000000111. The maximum absolute atomic E-state index is 12.4. The lowest BCUT2D eigenvalue weighted by Gasteiger charge is -2.27. The number of amides is 1. The molecule has 0 saturated heterocycles. The molecule has 0 radical (unpaired) electrons. The molecule has 1 aromatic rings. The molecule has 0 aliphatic carbocycles. The van der Waals surface area contributed by atoms with Crippen molar-refractivity contribution >= 4 is 49.5 Å². The molecule has 2 nitrogen and oxygen atoms in total. The lowest BCUT2D eigenvalue weighted by atomic mass is 10.1. The molecule has 0 aliphatic heterocycles. The van der Waals surface area contributed by atoms with Crippen molar-refractivity contribution in [2.75, 3.05) is 19.1 Å². The van der Waals surface area contributed by atoms with Crippen molar-refractivity contribution in [1.82, 2.24) is 4.90 Å². The summed E-state index contributed by atoms with van der Waals surface area (Å²) in [6.45, 7) is 2.11. The van der Waals surface area contributed by atoms with Gasteiger partial charge in [-0.3, -0.25) is 4.79 Å². The quantitative estimate of drug-likeness (QED) is 0.736. The maximum Gasteiger partial charge on any atom is 0.255 e. The molecule has 1 rings (SSSR count). The fourth-order valence-electron chi connectivity index (χ4n) is 1.71. The van der Waals surface area contributed by atoms with Gasteiger partial charge in [-0.15, -0.1) is 0 Å². The Balaban J connectivity index is 2.91. The molecule has 100 valence electrons. The fraction of sp³-hybridized carbons (Fsp3) is 0.462. The highest BCUT2D eigenvalue weighted by atomic mass is 79.9. The summed E-state index contributed by atoms with van der Waals surface area (Å²) in [5.74, 6) is 1.03. The number of hydrogen-bond donors (Lipinski definition) is 0. The third-order valence-corrected chi connectivity index (χ3v) is 4.73. The van der Waals surface area contributed by atoms with Crippen molar-refractivity contribution in [3.63, 3.8) is 0 Å². The Morgan fingerprint density at radius 3 is 2.61 bits per heavy atom. The van der Waals surface area contributed by atoms with Gasteiger partial charge in [0.05, 0.1) is 5.56 Å². The maximum atomic E-state index is 12.4. The van der Waals surface area contributed by atoms with E-state index in [4.69, 9.17) is 0 Å². The number of nitrogens with zero attached hydrogens (tertiary/aromatic N) is 1. The zero-order chi connectivity index (χ0) is 13.7. The van der Waals surface area contributed by atoms with E-state index in [1.807, 2.05) is 30.1 Å². The SMILES string of the molecule is CCC(CSC)N(C)C(=O)c1ccc(Br)cc1Br. The number of carbonyl (C=O) groups is 1. The second-order valence-corrected chi connectivity index (χ2v) is 6.74. The molecule has 1 unspecified atom stereocenters. The Morgan fingerprint density at radius 2 is 2.11 bits per heavy atom. The Kier molecular flexibility index (Phi) is 6.74. The molecule has 0 aliphatic rings. The highest BCUT2D eigenvalue weighted by Gasteiger charge is 2.21. The lowest BCUT2D eigenvalue weighted by molar-refractivity contribution is 0.0742. The van der Waals surface area contributed by atoms with Crippen LogP contribution >= 0.6 is 43.6 Å². The van der Waals surface area contributed by atoms with E-state index in [0.29, 0.717) is 5.56 Å². The van der Waals surface area contributed by atoms with E-state index in [1.54, 1.807) is 11.8 Å². The molecule has 1 aromatic carbocycles. The van der Waals surface area contributed by atoms with Crippen LogP contribution < -0.4 is 0 Å². The van der Waals surface area contributed by atoms with Crippen LogP contribution in [0.15, 0.2) is 27.1 Å². The first kappa shape index (κ1) is 16.1. The van der Waals surface area contributed by atoms with Gasteiger partial charge in [0.25, 0.3) is 5.91 Å². The zero-order valence-corrected chi connectivity index (χ0v) is 14.7. The van der Waals surface area contributed by atoms with Crippen LogP contribution in [0.3, 0.4) is 0 Å². The van der Waals surface area contributed by atoms with E-state index in [-0.39, 0.29) is 11.9 Å². The molecular formula is C13H17Br2NOS. The van der Waals surface area contributed by atoms with Crippen molar-refractivity contribution in [3.05, 3.63) is 32.7 Å². The highest BCUT2D eigenvalue weighted by molar-refractivity contribution is 9.11.